The molecule has 1 N–H and O–H groups in total. The smallest absolute Gasteiger partial charge is 0.131 e. The fraction of sp³-hybridized carbons (Fsp3) is 0.417. The lowest BCUT2D eigenvalue weighted by Gasteiger charge is -2.04. The maximum Gasteiger partial charge on any atom is 0.131 e. The van der Waals surface area contributed by atoms with Crippen molar-refractivity contribution < 1.29 is 0 Å². The summed E-state index contributed by atoms with van der Waals surface area (Å²) < 4.78 is 1.68. The highest BCUT2D eigenvalue weighted by Crippen LogP contribution is 2.18. The monoisotopic (exact) mass is 265 g/mol. The van der Waals surface area contributed by atoms with Crippen molar-refractivity contribution in [3.8, 4) is 0 Å². The van der Waals surface area contributed by atoms with E-state index in [1.807, 2.05) is 20.9 Å². The SMILES string of the molecule is Cc1cnc(CNCc2c(C)nn(C)c2Cl)cn1. The average molecular weight is 266 g/mol. The minimum Gasteiger partial charge on any atom is -0.307 e. The number of nitrogens with one attached hydrogen (secondary N) is 1. The molecule has 0 aromatic carbocycles. The van der Waals surface area contributed by atoms with Crippen LogP contribution in [0.25, 0.3) is 0 Å². The summed E-state index contributed by atoms with van der Waals surface area (Å²) in [4.78, 5) is 8.48. The third-order valence-electron chi connectivity index (χ3n) is 2.71. The summed E-state index contributed by atoms with van der Waals surface area (Å²) in [6, 6.07) is 0. The zero-order chi connectivity index (χ0) is 13.1. The van der Waals surface area contributed by atoms with Crippen molar-refractivity contribution in [2.45, 2.75) is 26.9 Å². The van der Waals surface area contributed by atoms with Crippen molar-refractivity contribution in [3.05, 3.63) is 40.2 Å². The Bertz CT molecular complexity index is 532. The Morgan fingerprint density at radius 2 is 2.00 bits per heavy atom. The van der Waals surface area contributed by atoms with Crippen LogP contribution in [0.4, 0.5) is 0 Å². The van der Waals surface area contributed by atoms with Crippen LogP contribution in [0.1, 0.15) is 22.6 Å². The summed E-state index contributed by atoms with van der Waals surface area (Å²) in [5, 5.41) is 8.23. The minimum absolute atomic E-state index is 0.665. The predicted octanol–water partition coefficient (Wildman–Crippen LogP) is 1.77. The van der Waals surface area contributed by atoms with Gasteiger partial charge in [0.1, 0.15) is 5.15 Å². The quantitative estimate of drug-likeness (QED) is 0.915. The molecule has 18 heavy (non-hydrogen) atoms. The largest absolute Gasteiger partial charge is 0.307 e. The van der Waals surface area contributed by atoms with Crippen LogP contribution in [0.5, 0.6) is 0 Å². The van der Waals surface area contributed by atoms with Crippen LogP contribution in [0, 0.1) is 13.8 Å². The van der Waals surface area contributed by atoms with Gasteiger partial charge in [0.05, 0.1) is 17.1 Å². The van der Waals surface area contributed by atoms with E-state index in [9.17, 15) is 0 Å². The summed E-state index contributed by atoms with van der Waals surface area (Å²) in [7, 11) is 1.84. The topological polar surface area (TPSA) is 55.6 Å². The Morgan fingerprint density at radius 1 is 1.22 bits per heavy atom. The minimum atomic E-state index is 0.665. The van der Waals surface area contributed by atoms with Crippen molar-refractivity contribution in [1.82, 2.24) is 25.1 Å². The number of rotatable bonds is 4. The Kier molecular flexibility index (Phi) is 3.93. The van der Waals surface area contributed by atoms with E-state index in [1.54, 1.807) is 17.1 Å². The molecule has 96 valence electrons. The second-order valence-electron chi connectivity index (χ2n) is 4.23. The van der Waals surface area contributed by atoms with Crippen LogP contribution in [0.2, 0.25) is 5.15 Å². The van der Waals surface area contributed by atoms with Gasteiger partial charge in [0, 0.05) is 38.1 Å². The maximum atomic E-state index is 6.15. The highest BCUT2D eigenvalue weighted by atomic mass is 35.5. The molecule has 0 radical (unpaired) electrons. The molecule has 2 heterocycles. The lowest BCUT2D eigenvalue weighted by molar-refractivity contribution is 0.673. The molecule has 0 unspecified atom stereocenters. The second kappa shape index (κ2) is 5.46. The Morgan fingerprint density at radius 3 is 2.56 bits per heavy atom. The molecule has 0 fully saturated rings. The van der Waals surface area contributed by atoms with Crippen LogP contribution in [-0.2, 0) is 20.1 Å². The molecule has 2 aromatic heterocycles. The Labute approximate surface area is 111 Å². The van der Waals surface area contributed by atoms with Crippen LogP contribution in [0.3, 0.4) is 0 Å². The first-order valence-corrected chi connectivity index (χ1v) is 6.12. The van der Waals surface area contributed by atoms with Gasteiger partial charge in [-0.2, -0.15) is 5.10 Å². The van der Waals surface area contributed by atoms with Gasteiger partial charge in [-0.25, -0.2) is 0 Å². The molecular formula is C12H16ClN5. The normalized spacial score (nSPS) is 10.9. The molecular weight excluding hydrogens is 250 g/mol. The number of aromatic nitrogens is 4. The van der Waals surface area contributed by atoms with E-state index in [2.05, 4.69) is 20.4 Å². The summed E-state index contributed by atoms with van der Waals surface area (Å²) in [6.45, 7) is 5.21. The second-order valence-corrected chi connectivity index (χ2v) is 4.59. The zero-order valence-electron chi connectivity index (χ0n) is 10.7. The molecule has 2 aromatic rings. The third kappa shape index (κ3) is 2.86. The fourth-order valence-corrected chi connectivity index (χ4v) is 1.94. The molecule has 0 spiro atoms. The lowest BCUT2D eigenvalue weighted by atomic mass is 10.2. The van der Waals surface area contributed by atoms with Gasteiger partial charge in [0.15, 0.2) is 0 Å². The van der Waals surface area contributed by atoms with Crippen molar-refractivity contribution >= 4 is 11.6 Å². The van der Waals surface area contributed by atoms with Crippen molar-refractivity contribution in [2.75, 3.05) is 0 Å². The number of hydrogen-bond donors (Lipinski definition) is 1. The van der Waals surface area contributed by atoms with Gasteiger partial charge >= 0.3 is 0 Å². The van der Waals surface area contributed by atoms with Gasteiger partial charge in [0.25, 0.3) is 0 Å². The van der Waals surface area contributed by atoms with E-state index in [0.29, 0.717) is 18.2 Å². The molecule has 0 bridgehead atoms. The summed E-state index contributed by atoms with van der Waals surface area (Å²) in [5.41, 5.74) is 3.81. The van der Waals surface area contributed by atoms with Crippen LogP contribution in [-0.4, -0.2) is 19.7 Å². The number of hydrogen-bond acceptors (Lipinski definition) is 4. The van der Waals surface area contributed by atoms with Crippen molar-refractivity contribution in [1.29, 1.82) is 0 Å². The Hall–Kier alpha value is -1.46. The van der Waals surface area contributed by atoms with Gasteiger partial charge < -0.3 is 5.32 Å². The number of nitrogens with zero attached hydrogens (tertiary/aromatic N) is 4. The molecule has 0 aliphatic carbocycles. The first kappa shape index (κ1) is 13.0. The molecule has 0 amide bonds. The summed E-state index contributed by atoms with van der Waals surface area (Å²) in [5.74, 6) is 0. The van der Waals surface area contributed by atoms with Crippen LogP contribution < -0.4 is 5.32 Å². The van der Waals surface area contributed by atoms with Gasteiger partial charge in [-0.05, 0) is 13.8 Å². The molecule has 5 nitrogen and oxygen atoms in total. The fourth-order valence-electron chi connectivity index (χ4n) is 1.70. The zero-order valence-corrected chi connectivity index (χ0v) is 11.5. The van der Waals surface area contributed by atoms with Crippen LogP contribution in [0.15, 0.2) is 12.4 Å². The average Bonchev–Trinajstić information content (AvgIpc) is 2.58. The first-order chi connectivity index (χ1) is 8.58. The highest BCUT2D eigenvalue weighted by Gasteiger charge is 2.10. The van der Waals surface area contributed by atoms with E-state index >= 15 is 0 Å². The van der Waals surface area contributed by atoms with E-state index in [0.717, 1.165) is 22.6 Å². The number of aryl methyl sites for hydroxylation is 3. The standard InChI is InChI=1S/C12H16ClN5/c1-8-4-16-10(6-15-8)5-14-7-11-9(2)17-18(3)12(11)13/h4,6,14H,5,7H2,1-3H3. The lowest BCUT2D eigenvalue weighted by Crippen LogP contribution is -2.14. The molecule has 0 atom stereocenters. The van der Waals surface area contributed by atoms with Gasteiger partial charge in [-0.1, -0.05) is 11.6 Å². The van der Waals surface area contributed by atoms with Gasteiger partial charge in [-0.15, -0.1) is 0 Å². The van der Waals surface area contributed by atoms with E-state index in [-0.39, 0.29) is 0 Å². The number of halogens is 1. The first-order valence-electron chi connectivity index (χ1n) is 5.74. The van der Waals surface area contributed by atoms with Crippen molar-refractivity contribution in [2.24, 2.45) is 7.05 Å². The molecule has 0 saturated carbocycles. The van der Waals surface area contributed by atoms with Crippen LogP contribution >= 0.6 is 11.6 Å². The Balaban J connectivity index is 1.94. The molecule has 0 aliphatic rings. The van der Waals surface area contributed by atoms with E-state index < -0.39 is 0 Å². The van der Waals surface area contributed by atoms with E-state index in [4.69, 9.17) is 11.6 Å². The summed E-state index contributed by atoms with van der Waals surface area (Å²) >= 11 is 6.15. The third-order valence-corrected chi connectivity index (χ3v) is 3.18. The molecule has 0 aliphatic heterocycles. The molecule has 2 rings (SSSR count). The summed E-state index contributed by atoms with van der Waals surface area (Å²) in [6.07, 6.45) is 3.54. The van der Waals surface area contributed by atoms with Gasteiger partial charge in [-0.3, -0.25) is 14.6 Å². The molecule has 0 saturated heterocycles. The van der Waals surface area contributed by atoms with Gasteiger partial charge in [0.2, 0.25) is 0 Å². The van der Waals surface area contributed by atoms with E-state index in [1.165, 1.54) is 0 Å². The maximum absolute atomic E-state index is 6.15. The van der Waals surface area contributed by atoms with Crippen molar-refractivity contribution in [3.63, 3.8) is 0 Å². The molecule has 6 heteroatoms. The predicted molar refractivity (Wildman–Crippen MR) is 70.3 cm³/mol. The highest BCUT2D eigenvalue weighted by molar-refractivity contribution is 6.30.